The van der Waals surface area contributed by atoms with Crippen LogP contribution in [0.2, 0.25) is 5.02 Å². The third-order valence-corrected chi connectivity index (χ3v) is 3.47. The Kier molecular flexibility index (Phi) is 3.24. The molecule has 1 fully saturated rings. The summed E-state index contributed by atoms with van der Waals surface area (Å²) in [6.45, 7) is 4.38. The van der Waals surface area contributed by atoms with Gasteiger partial charge in [0.15, 0.2) is 0 Å². The highest BCUT2D eigenvalue weighted by atomic mass is 35.5. The van der Waals surface area contributed by atoms with Crippen molar-refractivity contribution >= 4 is 11.6 Å². The van der Waals surface area contributed by atoms with Crippen molar-refractivity contribution < 1.29 is 5.11 Å². The van der Waals surface area contributed by atoms with Crippen LogP contribution in [0.4, 0.5) is 0 Å². The van der Waals surface area contributed by atoms with Gasteiger partial charge in [0.25, 0.3) is 0 Å². The molecule has 0 saturated carbocycles. The van der Waals surface area contributed by atoms with Gasteiger partial charge in [-0.15, -0.1) is 0 Å². The summed E-state index contributed by atoms with van der Waals surface area (Å²) in [5.41, 5.74) is -0.0837. The monoisotopic (exact) mass is 243 g/mol. The molecule has 1 atom stereocenters. The Morgan fingerprint density at radius 3 is 3.00 bits per heavy atom. The highest BCUT2D eigenvalue weighted by Gasteiger charge is 2.38. The molecular weight excluding hydrogens is 226 g/mol. The average Bonchev–Trinajstić information content (AvgIpc) is 2.59. The van der Waals surface area contributed by atoms with Crippen LogP contribution >= 0.6 is 11.6 Å². The van der Waals surface area contributed by atoms with E-state index in [2.05, 4.69) is 10.00 Å². The predicted octanol–water partition coefficient (Wildman–Crippen LogP) is 1.47. The number of aromatic nitrogens is 2. The Morgan fingerprint density at radius 2 is 2.38 bits per heavy atom. The molecule has 1 aromatic heterocycles. The topological polar surface area (TPSA) is 41.3 Å². The van der Waals surface area contributed by atoms with E-state index in [0.717, 1.165) is 31.6 Å². The zero-order valence-electron chi connectivity index (χ0n) is 9.78. The number of β-amino-alcohol motifs (C(OH)–C–C–N with tert-alkyl or cyclic N) is 1. The molecule has 2 heterocycles. The van der Waals surface area contributed by atoms with Crippen molar-refractivity contribution in [1.82, 2.24) is 14.7 Å². The Morgan fingerprint density at radius 1 is 1.62 bits per heavy atom. The summed E-state index contributed by atoms with van der Waals surface area (Å²) >= 11 is 6.13. The molecule has 1 aliphatic rings. The van der Waals surface area contributed by atoms with Crippen molar-refractivity contribution in [2.24, 2.45) is 0 Å². The fourth-order valence-corrected chi connectivity index (χ4v) is 2.82. The molecule has 0 amide bonds. The van der Waals surface area contributed by atoms with Gasteiger partial charge in [0.05, 0.1) is 16.9 Å². The summed E-state index contributed by atoms with van der Waals surface area (Å²) in [6.07, 6.45) is 3.36. The zero-order valence-corrected chi connectivity index (χ0v) is 10.5. The summed E-state index contributed by atoms with van der Waals surface area (Å²) in [5.74, 6) is 0. The minimum absolute atomic E-state index is 0.569. The summed E-state index contributed by atoms with van der Waals surface area (Å²) in [6, 6.07) is 0. The van der Waals surface area contributed by atoms with Gasteiger partial charge in [-0.2, -0.15) is 5.10 Å². The summed E-state index contributed by atoms with van der Waals surface area (Å²) in [5, 5.41) is 15.5. The van der Waals surface area contributed by atoms with Crippen molar-refractivity contribution in [3.05, 3.63) is 16.9 Å². The fraction of sp³-hybridized carbons (Fsp3) is 0.727. The zero-order chi connectivity index (χ0) is 11.8. The first-order valence-electron chi connectivity index (χ1n) is 5.69. The molecule has 1 saturated heterocycles. The van der Waals surface area contributed by atoms with E-state index in [-0.39, 0.29) is 0 Å². The summed E-state index contributed by atoms with van der Waals surface area (Å²) in [4.78, 5) is 2.13. The Hall–Kier alpha value is -0.580. The molecule has 1 aromatic rings. The van der Waals surface area contributed by atoms with Gasteiger partial charge in [-0.25, -0.2) is 0 Å². The van der Waals surface area contributed by atoms with Crippen molar-refractivity contribution in [3.63, 3.8) is 0 Å². The van der Waals surface area contributed by atoms with Crippen LogP contribution < -0.4 is 0 Å². The maximum atomic E-state index is 10.7. The van der Waals surface area contributed by atoms with Gasteiger partial charge in [0.1, 0.15) is 5.60 Å². The van der Waals surface area contributed by atoms with Gasteiger partial charge in [-0.3, -0.25) is 4.68 Å². The molecule has 1 unspecified atom stereocenters. The lowest BCUT2D eigenvalue weighted by Gasteiger charge is -2.37. The Labute approximate surface area is 101 Å². The van der Waals surface area contributed by atoms with Crippen molar-refractivity contribution in [2.75, 3.05) is 20.1 Å². The van der Waals surface area contributed by atoms with E-state index in [1.165, 1.54) is 0 Å². The van der Waals surface area contributed by atoms with E-state index < -0.39 is 5.60 Å². The smallest absolute Gasteiger partial charge is 0.120 e. The number of hydrogen-bond donors (Lipinski definition) is 1. The van der Waals surface area contributed by atoms with E-state index >= 15 is 0 Å². The van der Waals surface area contributed by atoms with Crippen LogP contribution in [0.1, 0.15) is 25.5 Å². The number of rotatable bonds is 2. The molecular formula is C11H18ClN3O. The van der Waals surface area contributed by atoms with Crippen LogP contribution in [-0.2, 0) is 12.1 Å². The number of hydrogen-bond acceptors (Lipinski definition) is 3. The first-order valence-corrected chi connectivity index (χ1v) is 6.07. The molecule has 1 aliphatic heterocycles. The first kappa shape index (κ1) is 11.9. The molecule has 0 bridgehead atoms. The molecule has 0 aromatic carbocycles. The number of aliphatic hydroxyl groups is 1. The molecule has 2 rings (SSSR count). The number of piperidine rings is 1. The second-order valence-corrected chi connectivity index (χ2v) is 4.94. The number of halogens is 1. The quantitative estimate of drug-likeness (QED) is 0.855. The molecule has 4 nitrogen and oxygen atoms in total. The van der Waals surface area contributed by atoms with Gasteiger partial charge in [0, 0.05) is 13.1 Å². The molecule has 5 heteroatoms. The second-order valence-electron chi connectivity index (χ2n) is 4.53. The Bertz CT molecular complexity index is 379. The molecule has 0 spiro atoms. The molecule has 90 valence electrons. The van der Waals surface area contributed by atoms with Crippen LogP contribution in [0.25, 0.3) is 0 Å². The fourth-order valence-electron chi connectivity index (χ4n) is 2.50. The standard InChI is InChI=1S/C11H18ClN3O/c1-3-15-10(9(12)7-13-15)11(16)5-4-6-14(2)8-11/h7,16H,3-6,8H2,1-2H3. The highest BCUT2D eigenvalue weighted by molar-refractivity contribution is 6.31. The SMILES string of the molecule is CCn1ncc(Cl)c1C1(O)CCCN(C)C1. The van der Waals surface area contributed by atoms with Crippen molar-refractivity contribution in [2.45, 2.75) is 31.9 Å². The van der Waals surface area contributed by atoms with E-state index in [1.807, 2.05) is 14.0 Å². The predicted molar refractivity (Wildman–Crippen MR) is 63.5 cm³/mol. The van der Waals surface area contributed by atoms with E-state index in [9.17, 15) is 5.11 Å². The van der Waals surface area contributed by atoms with Crippen molar-refractivity contribution in [3.8, 4) is 0 Å². The van der Waals surface area contributed by atoms with Gasteiger partial charge in [-0.1, -0.05) is 11.6 Å². The van der Waals surface area contributed by atoms with E-state index in [0.29, 0.717) is 11.6 Å². The molecule has 1 N–H and O–H groups in total. The van der Waals surface area contributed by atoms with Crippen LogP contribution in [0.3, 0.4) is 0 Å². The minimum atomic E-state index is -0.851. The molecule has 0 aliphatic carbocycles. The normalized spacial score (nSPS) is 27.2. The number of likely N-dealkylation sites (tertiary alicyclic amines) is 1. The summed E-state index contributed by atoms with van der Waals surface area (Å²) < 4.78 is 1.79. The van der Waals surface area contributed by atoms with Gasteiger partial charge >= 0.3 is 0 Å². The minimum Gasteiger partial charge on any atom is -0.382 e. The van der Waals surface area contributed by atoms with E-state index in [4.69, 9.17) is 11.6 Å². The lowest BCUT2D eigenvalue weighted by Crippen LogP contribution is -2.45. The van der Waals surface area contributed by atoms with Crippen molar-refractivity contribution in [1.29, 1.82) is 0 Å². The van der Waals surface area contributed by atoms with Crippen LogP contribution in [0, 0.1) is 0 Å². The molecule has 0 radical (unpaired) electrons. The third-order valence-electron chi connectivity index (χ3n) is 3.20. The van der Waals surface area contributed by atoms with Crippen LogP contribution in [-0.4, -0.2) is 39.9 Å². The Balaban J connectivity index is 2.37. The largest absolute Gasteiger partial charge is 0.382 e. The van der Waals surface area contributed by atoms with Crippen LogP contribution in [0.15, 0.2) is 6.20 Å². The summed E-state index contributed by atoms with van der Waals surface area (Å²) in [7, 11) is 2.02. The van der Waals surface area contributed by atoms with E-state index in [1.54, 1.807) is 10.9 Å². The maximum Gasteiger partial charge on any atom is 0.120 e. The second kappa shape index (κ2) is 4.35. The number of likely N-dealkylation sites (N-methyl/N-ethyl adjacent to an activating group) is 1. The van der Waals surface area contributed by atoms with Crippen LogP contribution in [0.5, 0.6) is 0 Å². The first-order chi connectivity index (χ1) is 7.57. The average molecular weight is 244 g/mol. The third kappa shape index (κ3) is 1.97. The maximum absolute atomic E-state index is 10.7. The van der Waals surface area contributed by atoms with Gasteiger partial charge in [0.2, 0.25) is 0 Å². The number of nitrogens with zero attached hydrogens (tertiary/aromatic N) is 3. The van der Waals surface area contributed by atoms with Gasteiger partial charge in [-0.05, 0) is 33.4 Å². The van der Waals surface area contributed by atoms with Gasteiger partial charge < -0.3 is 10.0 Å². The number of aryl methyl sites for hydroxylation is 1. The lowest BCUT2D eigenvalue weighted by molar-refractivity contribution is -0.0344. The molecule has 16 heavy (non-hydrogen) atoms. The highest BCUT2D eigenvalue weighted by Crippen LogP contribution is 2.35. The lowest BCUT2D eigenvalue weighted by atomic mass is 9.89.